The van der Waals surface area contributed by atoms with Gasteiger partial charge in [0.2, 0.25) is 0 Å². The smallest absolute Gasteiger partial charge is 0.270 e. The van der Waals surface area contributed by atoms with Crippen LogP contribution in [0.4, 0.5) is 13.9 Å². The Bertz CT molecular complexity index is 931. The summed E-state index contributed by atoms with van der Waals surface area (Å²) in [7, 11) is 0. The third kappa shape index (κ3) is 5.15. The molecule has 0 bridgehead atoms. The lowest BCUT2D eigenvalue weighted by molar-refractivity contribution is 0.0175. The molecule has 0 spiro atoms. The predicted octanol–water partition coefficient (Wildman–Crippen LogP) is 6.94. The van der Waals surface area contributed by atoms with E-state index in [2.05, 4.69) is 10.1 Å². The predicted molar refractivity (Wildman–Crippen MR) is 116 cm³/mol. The molecule has 0 saturated carbocycles. The Morgan fingerprint density at radius 3 is 2.28 bits per heavy atom. The molecule has 1 saturated heterocycles. The monoisotopic (exact) mass is 432 g/mol. The minimum Gasteiger partial charge on any atom is -0.381 e. The zero-order chi connectivity index (χ0) is 20.3. The minimum atomic E-state index is -2.81. The highest BCUT2D eigenvalue weighted by Gasteiger charge is 2.23. The summed E-state index contributed by atoms with van der Waals surface area (Å²) in [6.45, 7) is 2.54. The fourth-order valence-electron chi connectivity index (χ4n) is 3.29. The Labute approximate surface area is 177 Å². The quantitative estimate of drug-likeness (QED) is 0.428. The highest BCUT2D eigenvalue weighted by Crippen LogP contribution is 2.32. The van der Waals surface area contributed by atoms with Crippen LogP contribution in [0.3, 0.4) is 0 Å². The van der Waals surface area contributed by atoms with Crippen LogP contribution in [0, 0.1) is 0 Å². The molecule has 0 radical (unpaired) electrons. The molecule has 3 nitrogen and oxygen atoms in total. The molecule has 7 heteroatoms. The van der Waals surface area contributed by atoms with Gasteiger partial charge in [0.15, 0.2) is 5.13 Å². The lowest BCUT2D eigenvalue weighted by Gasteiger charge is -2.19. The molecule has 0 unspecified atom stereocenters. The standard InChI is InChI=1S/C22H22F2N2OS2/c1-22(23,24)18-6-2-15(3-7-18)16-4-8-19(9-5-16)29-26-21-25-20(14-28-21)17-10-12-27-13-11-17/h2-9,14,17H,10-13H2,1H3,(H,25,26). The van der Waals surface area contributed by atoms with Gasteiger partial charge in [-0.3, -0.25) is 0 Å². The summed E-state index contributed by atoms with van der Waals surface area (Å²) in [5, 5.41) is 3.03. The second-order valence-electron chi connectivity index (χ2n) is 7.16. The molecule has 4 rings (SSSR count). The number of thiazole rings is 1. The Hall–Kier alpha value is -1.96. The zero-order valence-electron chi connectivity index (χ0n) is 16.0. The normalized spacial score (nSPS) is 15.4. The molecule has 2 aromatic carbocycles. The van der Waals surface area contributed by atoms with Crippen LogP contribution in [0.1, 0.15) is 36.9 Å². The molecule has 1 aliphatic rings. The maximum absolute atomic E-state index is 13.4. The van der Waals surface area contributed by atoms with Crippen molar-refractivity contribution in [3.8, 4) is 11.1 Å². The Balaban J connectivity index is 1.35. The van der Waals surface area contributed by atoms with Gasteiger partial charge in [0.1, 0.15) is 0 Å². The van der Waals surface area contributed by atoms with Gasteiger partial charge in [0.05, 0.1) is 5.69 Å². The molecule has 0 atom stereocenters. The first-order valence-electron chi connectivity index (χ1n) is 9.54. The highest BCUT2D eigenvalue weighted by atomic mass is 32.2. The van der Waals surface area contributed by atoms with Crippen molar-refractivity contribution in [1.82, 2.24) is 4.98 Å². The summed E-state index contributed by atoms with van der Waals surface area (Å²) >= 11 is 3.14. The second kappa shape index (κ2) is 8.81. The van der Waals surface area contributed by atoms with E-state index in [1.54, 1.807) is 23.5 Å². The maximum atomic E-state index is 13.4. The average molecular weight is 433 g/mol. The van der Waals surface area contributed by atoms with Gasteiger partial charge in [-0.2, -0.15) is 0 Å². The molecule has 1 aromatic heterocycles. The summed E-state index contributed by atoms with van der Waals surface area (Å²) in [6, 6.07) is 14.5. The van der Waals surface area contributed by atoms with E-state index in [-0.39, 0.29) is 5.56 Å². The Morgan fingerprint density at radius 2 is 1.66 bits per heavy atom. The van der Waals surface area contributed by atoms with Crippen molar-refractivity contribution in [2.75, 3.05) is 17.9 Å². The number of rotatable bonds is 6. The van der Waals surface area contributed by atoms with E-state index < -0.39 is 5.92 Å². The number of ether oxygens (including phenoxy) is 1. The van der Waals surface area contributed by atoms with Gasteiger partial charge < -0.3 is 9.46 Å². The number of nitrogens with zero attached hydrogens (tertiary/aromatic N) is 1. The summed E-state index contributed by atoms with van der Waals surface area (Å²) in [5.41, 5.74) is 3.10. The topological polar surface area (TPSA) is 34.2 Å². The first-order chi connectivity index (χ1) is 14.0. The molecule has 29 heavy (non-hydrogen) atoms. The van der Waals surface area contributed by atoms with Gasteiger partial charge in [0, 0.05) is 41.9 Å². The summed E-state index contributed by atoms with van der Waals surface area (Å²) in [5.74, 6) is -2.32. The molecule has 0 amide bonds. The average Bonchev–Trinajstić information content (AvgIpc) is 3.22. The van der Waals surface area contributed by atoms with E-state index in [4.69, 9.17) is 9.72 Å². The van der Waals surface area contributed by atoms with E-state index >= 15 is 0 Å². The molecule has 1 fully saturated rings. The van der Waals surface area contributed by atoms with Crippen LogP contribution >= 0.6 is 23.3 Å². The van der Waals surface area contributed by atoms with E-state index in [1.807, 2.05) is 24.3 Å². The van der Waals surface area contributed by atoms with Crippen LogP contribution in [0.15, 0.2) is 58.8 Å². The Morgan fingerprint density at radius 1 is 1.03 bits per heavy atom. The van der Waals surface area contributed by atoms with Gasteiger partial charge in [-0.1, -0.05) is 36.4 Å². The molecule has 0 aliphatic carbocycles. The lowest BCUT2D eigenvalue weighted by atomic mass is 9.98. The molecule has 1 N–H and O–H groups in total. The third-order valence-corrected chi connectivity index (χ3v) is 6.71. The van der Waals surface area contributed by atoms with Crippen LogP contribution in [0.25, 0.3) is 11.1 Å². The first kappa shape index (κ1) is 20.3. The van der Waals surface area contributed by atoms with Crippen LogP contribution in [0.2, 0.25) is 0 Å². The van der Waals surface area contributed by atoms with Crippen LogP contribution in [0.5, 0.6) is 0 Å². The Kier molecular flexibility index (Phi) is 6.18. The third-order valence-electron chi connectivity index (χ3n) is 5.00. The van der Waals surface area contributed by atoms with E-state index in [0.29, 0.717) is 5.92 Å². The number of hydrogen-bond donors (Lipinski definition) is 1. The number of alkyl halides is 2. The fraction of sp³-hybridized carbons (Fsp3) is 0.318. The van der Waals surface area contributed by atoms with Gasteiger partial charge in [-0.05, 0) is 48.0 Å². The van der Waals surface area contributed by atoms with Crippen molar-refractivity contribution in [3.63, 3.8) is 0 Å². The SMILES string of the molecule is CC(F)(F)c1ccc(-c2ccc(SNc3nc(C4CCOCC4)cs3)cc2)cc1. The van der Waals surface area contributed by atoms with Crippen LogP contribution in [-0.4, -0.2) is 18.2 Å². The van der Waals surface area contributed by atoms with E-state index in [9.17, 15) is 8.78 Å². The highest BCUT2D eigenvalue weighted by molar-refractivity contribution is 8.00. The number of hydrogen-bond acceptors (Lipinski definition) is 5. The number of nitrogens with one attached hydrogen (secondary N) is 1. The summed E-state index contributed by atoms with van der Waals surface area (Å²) in [6.07, 6.45) is 2.07. The number of benzene rings is 2. The molecular weight excluding hydrogens is 410 g/mol. The van der Waals surface area contributed by atoms with Crippen molar-refractivity contribution in [2.24, 2.45) is 0 Å². The molecule has 3 aromatic rings. The summed E-state index contributed by atoms with van der Waals surface area (Å²) < 4.78 is 35.4. The fourth-order valence-corrected chi connectivity index (χ4v) is 4.76. The van der Waals surface area contributed by atoms with E-state index in [0.717, 1.165) is 59.8 Å². The molecular formula is C22H22F2N2OS2. The molecule has 1 aliphatic heterocycles. The van der Waals surface area contributed by atoms with Crippen molar-refractivity contribution in [3.05, 3.63) is 65.2 Å². The van der Waals surface area contributed by atoms with E-state index in [1.165, 1.54) is 24.1 Å². The largest absolute Gasteiger partial charge is 0.381 e. The number of halogens is 2. The van der Waals surface area contributed by atoms with Gasteiger partial charge in [-0.25, -0.2) is 13.8 Å². The van der Waals surface area contributed by atoms with Gasteiger partial charge >= 0.3 is 0 Å². The number of aromatic nitrogens is 1. The van der Waals surface area contributed by atoms with Gasteiger partial charge in [-0.15, -0.1) is 11.3 Å². The second-order valence-corrected chi connectivity index (χ2v) is 8.90. The van der Waals surface area contributed by atoms with Crippen LogP contribution in [-0.2, 0) is 10.7 Å². The lowest BCUT2D eigenvalue weighted by Crippen LogP contribution is -2.14. The van der Waals surface area contributed by atoms with Crippen molar-refractivity contribution < 1.29 is 13.5 Å². The van der Waals surface area contributed by atoms with Crippen molar-refractivity contribution >= 4 is 28.4 Å². The number of anilines is 1. The minimum absolute atomic E-state index is 0.0289. The van der Waals surface area contributed by atoms with Crippen LogP contribution < -0.4 is 4.72 Å². The van der Waals surface area contributed by atoms with Crippen molar-refractivity contribution in [1.29, 1.82) is 0 Å². The zero-order valence-corrected chi connectivity index (χ0v) is 17.7. The summed E-state index contributed by atoms with van der Waals surface area (Å²) in [4.78, 5) is 5.78. The first-order valence-corrected chi connectivity index (χ1v) is 11.2. The maximum Gasteiger partial charge on any atom is 0.270 e. The van der Waals surface area contributed by atoms with Gasteiger partial charge in [0.25, 0.3) is 5.92 Å². The van der Waals surface area contributed by atoms with Crippen molar-refractivity contribution in [2.45, 2.75) is 36.5 Å². The molecule has 152 valence electrons. The molecule has 2 heterocycles.